The Morgan fingerprint density at radius 2 is 1.00 bits per heavy atom. The zero-order valence-corrected chi connectivity index (χ0v) is 15.1. The maximum atomic E-state index is 11.3. The third-order valence-electron chi connectivity index (χ3n) is 3.07. The molecule has 0 unspecified atom stereocenters. The molecule has 0 saturated heterocycles. The molecule has 0 spiro atoms. The summed E-state index contributed by atoms with van der Waals surface area (Å²) in [6.07, 6.45) is 2.51. The zero-order valence-electron chi connectivity index (χ0n) is 14.3. The molecular formula is C16H26ClNO7. The van der Waals surface area contributed by atoms with Crippen LogP contribution in [-0.4, -0.2) is 95.2 Å². The van der Waals surface area contributed by atoms with Crippen molar-refractivity contribution >= 4 is 23.4 Å². The number of rotatable bonds is 17. The quantitative estimate of drug-likeness (QED) is 0.203. The summed E-state index contributed by atoms with van der Waals surface area (Å²) in [5, 5.41) is 0. The highest BCUT2D eigenvalue weighted by molar-refractivity contribution is 6.18. The second kappa shape index (κ2) is 15.2. The number of hydrogen-bond acceptors (Lipinski definition) is 7. The van der Waals surface area contributed by atoms with Gasteiger partial charge in [-0.25, -0.2) is 0 Å². The molecule has 0 bridgehead atoms. The van der Waals surface area contributed by atoms with Gasteiger partial charge >= 0.3 is 0 Å². The van der Waals surface area contributed by atoms with E-state index >= 15 is 0 Å². The van der Waals surface area contributed by atoms with E-state index in [0.29, 0.717) is 71.9 Å². The normalized spacial score (nSPS) is 14.0. The Bertz CT molecular complexity index is 388. The van der Waals surface area contributed by atoms with E-state index in [-0.39, 0.29) is 18.4 Å². The van der Waals surface area contributed by atoms with Crippen LogP contribution in [0, 0.1) is 0 Å². The smallest absolute Gasteiger partial charge is 0.253 e. The van der Waals surface area contributed by atoms with Crippen LogP contribution in [0.3, 0.4) is 0 Å². The number of alkyl halides is 1. The predicted octanol–water partition coefficient (Wildman–Crippen LogP) is 0.233. The van der Waals surface area contributed by atoms with Crippen LogP contribution < -0.4 is 0 Å². The van der Waals surface area contributed by atoms with Gasteiger partial charge in [-0.3, -0.25) is 14.5 Å². The van der Waals surface area contributed by atoms with E-state index in [4.69, 9.17) is 35.3 Å². The number of carbonyl (C=O) groups is 2. The van der Waals surface area contributed by atoms with Crippen molar-refractivity contribution in [2.75, 3.05) is 78.5 Å². The Morgan fingerprint density at radius 1 is 0.640 bits per heavy atom. The zero-order chi connectivity index (χ0) is 18.2. The molecule has 25 heavy (non-hydrogen) atoms. The molecule has 0 N–H and O–H groups in total. The summed E-state index contributed by atoms with van der Waals surface area (Å²) in [4.78, 5) is 23.7. The first-order valence-electron chi connectivity index (χ1n) is 8.24. The lowest BCUT2D eigenvalue weighted by atomic mass is 10.5. The van der Waals surface area contributed by atoms with Crippen LogP contribution in [0.25, 0.3) is 0 Å². The minimum absolute atomic E-state index is 0.255. The molecule has 9 heteroatoms. The largest absolute Gasteiger partial charge is 0.378 e. The first kappa shape index (κ1) is 22.0. The van der Waals surface area contributed by atoms with E-state index in [9.17, 15) is 9.59 Å². The molecular weight excluding hydrogens is 354 g/mol. The molecule has 0 fully saturated rings. The Morgan fingerprint density at radius 3 is 1.40 bits per heavy atom. The molecule has 0 aromatic rings. The third-order valence-corrected chi connectivity index (χ3v) is 3.22. The van der Waals surface area contributed by atoms with E-state index in [0.717, 1.165) is 4.90 Å². The number of nitrogens with zero attached hydrogens (tertiary/aromatic N) is 1. The molecule has 0 saturated carbocycles. The number of halogens is 1. The molecule has 0 aromatic carbocycles. The van der Waals surface area contributed by atoms with Crippen molar-refractivity contribution in [3.05, 3.63) is 12.2 Å². The molecule has 1 rings (SSSR count). The lowest BCUT2D eigenvalue weighted by Crippen LogP contribution is -2.33. The Kier molecular flexibility index (Phi) is 13.4. The van der Waals surface area contributed by atoms with Crippen molar-refractivity contribution in [2.45, 2.75) is 0 Å². The summed E-state index contributed by atoms with van der Waals surface area (Å²) < 4.78 is 26.4. The van der Waals surface area contributed by atoms with Crippen molar-refractivity contribution in [3.8, 4) is 0 Å². The highest BCUT2D eigenvalue weighted by Crippen LogP contribution is 2.02. The van der Waals surface area contributed by atoms with Crippen LogP contribution in [0.2, 0.25) is 0 Å². The van der Waals surface area contributed by atoms with Crippen molar-refractivity contribution in [1.82, 2.24) is 4.90 Å². The maximum Gasteiger partial charge on any atom is 0.253 e. The number of amides is 2. The number of ether oxygens (including phenoxy) is 5. The molecule has 1 aliphatic heterocycles. The lowest BCUT2D eigenvalue weighted by Gasteiger charge is -2.13. The van der Waals surface area contributed by atoms with Crippen molar-refractivity contribution in [2.24, 2.45) is 0 Å². The van der Waals surface area contributed by atoms with Crippen LogP contribution >= 0.6 is 11.6 Å². The molecule has 144 valence electrons. The van der Waals surface area contributed by atoms with Gasteiger partial charge in [0.2, 0.25) is 0 Å². The van der Waals surface area contributed by atoms with E-state index < -0.39 is 0 Å². The van der Waals surface area contributed by atoms with Crippen LogP contribution in [0.5, 0.6) is 0 Å². The molecule has 1 heterocycles. The third kappa shape index (κ3) is 11.2. The van der Waals surface area contributed by atoms with Gasteiger partial charge < -0.3 is 23.7 Å². The molecule has 0 atom stereocenters. The first-order valence-corrected chi connectivity index (χ1v) is 8.77. The van der Waals surface area contributed by atoms with E-state index in [2.05, 4.69) is 0 Å². The first-order chi connectivity index (χ1) is 12.3. The summed E-state index contributed by atoms with van der Waals surface area (Å²) >= 11 is 5.46. The van der Waals surface area contributed by atoms with Gasteiger partial charge in [-0.15, -0.1) is 11.6 Å². The summed E-state index contributed by atoms with van der Waals surface area (Å²) in [6.45, 7) is 4.93. The van der Waals surface area contributed by atoms with Gasteiger partial charge in [0.1, 0.15) is 0 Å². The van der Waals surface area contributed by atoms with E-state index in [1.54, 1.807) is 0 Å². The van der Waals surface area contributed by atoms with Gasteiger partial charge in [-0.05, 0) is 0 Å². The molecule has 2 amide bonds. The number of carbonyl (C=O) groups excluding carboxylic acids is 2. The van der Waals surface area contributed by atoms with Crippen LogP contribution in [0.1, 0.15) is 0 Å². The highest BCUT2D eigenvalue weighted by atomic mass is 35.5. The van der Waals surface area contributed by atoms with E-state index in [1.807, 2.05) is 0 Å². The summed E-state index contributed by atoms with van der Waals surface area (Å²) in [6, 6.07) is 0. The Hall–Kier alpha value is -1.03. The van der Waals surface area contributed by atoms with Crippen LogP contribution in [0.15, 0.2) is 12.2 Å². The van der Waals surface area contributed by atoms with Gasteiger partial charge in [0.25, 0.3) is 11.8 Å². The van der Waals surface area contributed by atoms with Gasteiger partial charge in [0, 0.05) is 18.0 Å². The van der Waals surface area contributed by atoms with Crippen LogP contribution in [-0.2, 0) is 33.3 Å². The predicted molar refractivity (Wildman–Crippen MR) is 90.7 cm³/mol. The fraction of sp³-hybridized carbons (Fsp3) is 0.750. The minimum Gasteiger partial charge on any atom is -0.378 e. The fourth-order valence-electron chi connectivity index (χ4n) is 1.84. The van der Waals surface area contributed by atoms with Crippen molar-refractivity contribution in [3.63, 3.8) is 0 Å². The average molecular weight is 380 g/mol. The average Bonchev–Trinajstić information content (AvgIpc) is 2.93. The second-order valence-electron chi connectivity index (χ2n) is 4.91. The van der Waals surface area contributed by atoms with E-state index in [1.165, 1.54) is 12.2 Å². The Balaban J connectivity index is 1.73. The topological polar surface area (TPSA) is 83.5 Å². The Labute approximate surface area is 152 Å². The molecule has 8 nitrogen and oxygen atoms in total. The second-order valence-corrected chi connectivity index (χ2v) is 5.29. The molecule has 0 radical (unpaired) electrons. The van der Waals surface area contributed by atoms with Crippen molar-refractivity contribution < 1.29 is 33.3 Å². The van der Waals surface area contributed by atoms with Gasteiger partial charge in [0.15, 0.2) is 0 Å². The maximum absolute atomic E-state index is 11.3. The van der Waals surface area contributed by atoms with Gasteiger partial charge in [0.05, 0.1) is 72.6 Å². The van der Waals surface area contributed by atoms with Crippen molar-refractivity contribution in [1.29, 1.82) is 0 Å². The van der Waals surface area contributed by atoms with Crippen LogP contribution in [0.4, 0.5) is 0 Å². The molecule has 0 aromatic heterocycles. The summed E-state index contributed by atoms with van der Waals surface area (Å²) in [7, 11) is 0. The highest BCUT2D eigenvalue weighted by Gasteiger charge is 2.22. The monoisotopic (exact) mass is 379 g/mol. The van der Waals surface area contributed by atoms with Gasteiger partial charge in [-0.2, -0.15) is 0 Å². The number of imide groups is 1. The molecule has 0 aliphatic carbocycles. The minimum atomic E-state index is -0.297. The fourth-order valence-corrected chi connectivity index (χ4v) is 1.95. The lowest BCUT2D eigenvalue weighted by molar-refractivity contribution is -0.137. The summed E-state index contributed by atoms with van der Waals surface area (Å²) in [5.41, 5.74) is 0. The number of hydrogen-bond donors (Lipinski definition) is 0. The standard InChI is InChI=1S/C16H26ClNO7/c17-3-5-21-7-9-23-11-13-25-14-12-24-10-8-22-6-4-18-15(19)1-2-16(18)20/h1-2H,3-14H2. The SMILES string of the molecule is O=C1C=CC(=O)N1CCOCCOCCOCCOCCOCCCl. The summed E-state index contributed by atoms with van der Waals surface area (Å²) in [5.74, 6) is -0.105. The van der Waals surface area contributed by atoms with Gasteiger partial charge in [-0.1, -0.05) is 0 Å². The molecule has 1 aliphatic rings.